The molecule has 0 aliphatic rings. The molecular weight excluding hydrogens is 458 g/mol. The van der Waals surface area contributed by atoms with Gasteiger partial charge in [-0.2, -0.15) is 0 Å². The Kier molecular flexibility index (Phi) is 13.1. The molecule has 0 bridgehead atoms. The molecule has 0 spiro atoms. The maximum Gasteiger partial charge on any atom is 0.326 e. The van der Waals surface area contributed by atoms with Gasteiger partial charge in [-0.1, -0.05) is 0 Å². The zero-order valence-corrected chi connectivity index (χ0v) is 18.8. The van der Waals surface area contributed by atoms with Crippen LogP contribution in [0.15, 0.2) is 4.99 Å². The Morgan fingerprint density at radius 2 is 1.41 bits per heavy atom. The normalized spacial score (nSPS) is 16.0. The minimum absolute atomic E-state index is 0.0359. The molecule has 0 heterocycles. The highest BCUT2D eigenvalue weighted by Gasteiger charge is 2.33. The molecule has 0 saturated heterocycles. The van der Waals surface area contributed by atoms with Crippen molar-refractivity contribution in [2.75, 3.05) is 6.54 Å². The van der Waals surface area contributed by atoms with E-state index >= 15 is 0 Å². The van der Waals surface area contributed by atoms with Crippen LogP contribution in [0.1, 0.15) is 33.1 Å². The number of carbonyl (C=O) groups excluding carboxylic acids is 3. The lowest BCUT2D eigenvalue weighted by Crippen LogP contribution is -2.60. The molecule has 16 nitrogen and oxygen atoms in total. The van der Waals surface area contributed by atoms with Gasteiger partial charge in [-0.15, -0.1) is 0 Å². The van der Waals surface area contributed by atoms with E-state index in [0.717, 1.165) is 6.92 Å². The van der Waals surface area contributed by atoms with Crippen LogP contribution in [0.4, 0.5) is 0 Å². The molecule has 0 aliphatic heterocycles. The van der Waals surface area contributed by atoms with Gasteiger partial charge in [-0.25, -0.2) is 4.79 Å². The molecule has 0 aromatic heterocycles. The van der Waals surface area contributed by atoms with E-state index in [0.29, 0.717) is 0 Å². The lowest BCUT2D eigenvalue weighted by atomic mass is 10.1. The maximum atomic E-state index is 12.8. The zero-order chi connectivity index (χ0) is 26.6. The Labute approximate surface area is 194 Å². The Hall–Kier alpha value is -3.50. The molecular formula is C18H33N7O9. The average Bonchev–Trinajstić information content (AvgIpc) is 2.71. The number of hydrogen-bond donors (Lipinski definition) is 10. The molecule has 0 rings (SSSR count). The third kappa shape index (κ3) is 11.4. The number of rotatable bonds is 15. The van der Waals surface area contributed by atoms with E-state index in [1.807, 2.05) is 5.32 Å². The molecule has 0 saturated carbocycles. The highest BCUT2D eigenvalue weighted by atomic mass is 16.4. The van der Waals surface area contributed by atoms with Gasteiger partial charge < -0.3 is 53.6 Å². The summed E-state index contributed by atoms with van der Waals surface area (Å²) in [5, 5.41) is 43.7. The van der Waals surface area contributed by atoms with Crippen LogP contribution in [0.2, 0.25) is 0 Å². The summed E-state index contributed by atoms with van der Waals surface area (Å²) in [6.45, 7) is 2.50. The SMILES string of the molecule is CC(O)C(N)C(=O)NC(CCCN=C(N)N)C(=O)NC(C(=O)NC(CC(=O)O)C(=O)O)C(C)O. The van der Waals surface area contributed by atoms with E-state index in [1.165, 1.54) is 6.92 Å². The van der Waals surface area contributed by atoms with Crippen molar-refractivity contribution >= 4 is 35.6 Å². The topological polar surface area (TPSA) is 293 Å². The number of amides is 3. The lowest BCUT2D eigenvalue weighted by Gasteiger charge is -2.26. The van der Waals surface area contributed by atoms with Crippen molar-refractivity contribution in [3.05, 3.63) is 0 Å². The number of nitrogens with zero attached hydrogens (tertiary/aromatic N) is 1. The number of nitrogens with two attached hydrogens (primary N) is 3. The molecule has 0 aromatic carbocycles. The van der Waals surface area contributed by atoms with Crippen LogP contribution in [0.5, 0.6) is 0 Å². The van der Waals surface area contributed by atoms with Crippen molar-refractivity contribution in [1.82, 2.24) is 16.0 Å². The van der Waals surface area contributed by atoms with Crippen molar-refractivity contribution in [1.29, 1.82) is 0 Å². The van der Waals surface area contributed by atoms with Crippen LogP contribution in [0, 0.1) is 0 Å². The smallest absolute Gasteiger partial charge is 0.326 e. The molecule has 0 radical (unpaired) electrons. The molecule has 34 heavy (non-hydrogen) atoms. The Balaban J connectivity index is 5.54. The lowest BCUT2D eigenvalue weighted by molar-refractivity contribution is -0.148. The second-order valence-corrected chi connectivity index (χ2v) is 7.50. The van der Waals surface area contributed by atoms with Gasteiger partial charge in [-0.3, -0.25) is 24.2 Å². The first-order chi connectivity index (χ1) is 15.7. The average molecular weight is 492 g/mol. The van der Waals surface area contributed by atoms with E-state index in [-0.39, 0.29) is 25.3 Å². The first-order valence-corrected chi connectivity index (χ1v) is 10.2. The van der Waals surface area contributed by atoms with Gasteiger partial charge in [0.05, 0.1) is 18.6 Å². The van der Waals surface area contributed by atoms with Crippen LogP contribution in [0.25, 0.3) is 0 Å². The number of aliphatic imine (C=N–C) groups is 1. The van der Waals surface area contributed by atoms with Gasteiger partial charge >= 0.3 is 11.9 Å². The predicted molar refractivity (Wildman–Crippen MR) is 117 cm³/mol. The summed E-state index contributed by atoms with van der Waals surface area (Å²) in [6, 6.07) is -6.17. The largest absolute Gasteiger partial charge is 0.481 e. The summed E-state index contributed by atoms with van der Waals surface area (Å²) < 4.78 is 0. The van der Waals surface area contributed by atoms with Gasteiger partial charge in [0, 0.05) is 6.54 Å². The first-order valence-electron chi connectivity index (χ1n) is 10.2. The number of nitrogens with one attached hydrogen (secondary N) is 3. The van der Waals surface area contributed by atoms with Gasteiger partial charge in [-0.05, 0) is 26.7 Å². The number of aliphatic hydroxyl groups is 2. The monoisotopic (exact) mass is 491 g/mol. The summed E-state index contributed by atoms with van der Waals surface area (Å²) in [6.07, 6.45) is -3.54. The molecule has 6 unspecified atom stereocenters. The quantitative estimate of drug-likeness (QED) is 0.0586. The summed E-state index contributed by atoms with van der Waals surface area (Å²) in [7, 11) is 0. The van der Waals surface area contributed by atoms with E-state index in [9.17, 15) is 34.2 Å². The van der Waals surface area contributed by atoms with E-state index < -0.39 is 72.5 Å². The highest BCUT2D eigenvalue weighted by molar-refractivity contribution is 5.95. The second-order valence-electron chi connectivity index (χ2n) is 7.50. The molecule has 0 fully saturated rings. The second kappa shape index (κ2) is 14.6. The molecule has 194 valence electrons. The number of aliphatic carboxylic acids is 2. The van der Waals surface area contributed by atoms with E-state index in [1.54, 1.807) is 0 Å². The first kappa shape index (κ1) is 30.5. The minimum atomic E-state index is -1.82. The standard InChI is InChI=1S/C18H33N7O9/c1-7(26)12(19)15(31)23-9(4-3-5-22-18(20)21)14(30)25-13(8(2)27)16(32)24-10(17(33)34)6-11(28)29/h7-10,12-13,26-27H,3-6,19H2,1-2H3,(H,23,31)(H,24,32)(H,25,30)(H,28,29)(H,33,34)(H4,20,21,22). The van der Waals surface area contributed by atoms with Crippen molar-refractivity contribution in [2.24, 2.45) is 22.2 Å². The molecule has 3 amide bonds. The van der Waals surface area contributed by atoms with Crippen LogP contribution >= 0.6 is 0 Å². The zero-order valence-electron chi connectivity index (χ0n) is 18.8. The fourth-order valence-electron chi connectivity index (χ4n) is 2.55. The van der Waals surface area contributed by atoms with Gasteiger partial charge in [0.25, 0.3) is 0 Å². The third-order valence-corrected chi connectivity index (χ3v) is 4.46. The maximum absolute atomic E-state index is 12.8. The number of aliphatic hydroxyl groups excluding tert-OH is 2. The Morgan fingerprint density at radius 3 is 1.85 bits per heavy atom. The number of carbonyl (C=O) groups is 5. The minimum Gasteiger partial charge on any atom is -0.481 e. The molecule has 0 aromatic rings. The predicted octanol–water partition coefficient (Wildman–Crippen LogP) is -4.86. The summed E-state index contributed by atoms with van der Waals surface area (Å²) in [5.74, 6) is -6.30. The van der Waals surface area contributed by atoms with Crippen LogP contribution < -0.4 is 33.2 Å². The molecule has 0 aliphatic carbocycles. The fourth-order valence-corrected chi connectivity index (χ4v) is 2.55. The number of guanidine groups is 1. The fraction of sp³-hybridized carbons (Fsp3) is 0.667. The molecule has 13 N–H and O–H groups in total. The van der Waals surface area contributed by atoms with Gasteiger partial charge in [0.1, 0.15) is 24.2 Å². The van der Waals surface area contributed by atoms with Crippen molar-refractivity contribution in [3.8, 4) is 0 Å². The highest BCUT2D eigenvalue weighted by Crippen LogP contribution is 2.04. The van der Waals surface area contributed by atoms with Gasteiger partial charge in [0.2, 0.25) is 17.7 Å². The van der Waals surface area contributed by atoms with Crippen LogP contribution in [0.3, 0.4) is 0 Å². The van der Waals surface area contributed by atoms with Crippen molar-refractivity contribution < 1.29 is 44.4 Å². The molecule has 16 heteroatoms. The summed E-state index contributed by atoms with van der Waals surface area (Å²) in [4.78, 5) is 63.2. The van der Waals surface area contributed by atoms with E-state index in [4.69, 9.17) is 27.4 Å². The van der Waals surface area contributed by atoms with E-state index in [2.05, 4.69) is 15.6 Å². The van der Waals surface area contributed by atoms with Crippen LogP contribution in [-0.2, 0) is 24.0 Å². The number of carboxylic acids is 2. The van der Waals surface area contributed by atoms with Gasteiger partial charge in [0.15, 0.2) is 5.96 Å². The Bertz CT molecular complexity index is 769. The van der Waals surface area contributed by atoms with Crippen molar-refractivity contribution in [3.63, 3.8) is 0 Å². The van der Waals surface area contributed by atoms with Crippen molar-refractivity contribution in [2.45, 2.75) is 69.5 Å². The van der Waals surface area contributed by atoms with Crippen LogP contribution in [-0.4, -0.2) is 99.0 Å². The number of hydrogen-bond acceptors (Lipinski definition) is 9. The number of carboxylic acid groups (broad SMARTS) is 2. The third-order valence-electron chi connectivity index (χ3n) is 4.46. The summed E-state index contributed by atoms with van der Waals surface area (Å²) >= 11 is 0. The molecule has 6 atom stereocenters. The summed E-state index contributed by atoms with van der Waals surface area (Å²) in [5.41, 5.74) is 16.0. The Morgan fingerprint density at radius 1 is 0.853 bits per heavy atom.